The normalized spacial score (nSPS) is 12.3. The number of carbonyl (C=O) groups is 1. The fourth-order valence-corrected chi connectivity index (χ4v) is 2.81. The number of hydrogen-bond donors (Lipinski definition) is 1. The molecule has 11 heteroatoms. The van der Waals surface area contributed by atoms with Gasteiger partial charge in [0.25, 0.3) is 0 Å². The van der Waals surface area contributed by atoms with Gasteiger partial charge in [0.2, 0.25) is 5.82 Å². The first-order valence-electron chi connectivity index (χ1n) is 10.6. The lowest BCUT2D eigenvalue weighted by atomic mass is 10.1. The molecule has 11 nitrogen and oxygen atoms in total. The molecule has 174 valence electrons. The lowest BCUT2D eigenvalue weighted by molar-refractivity contribution is 0.0776. The van der Waals surface area contributed by atoms with Gasteiger partial charge in [-0.15, -0.1) is 5.10 Å². The first-order chi connectivity index (χ1) is 16.1. The molecule has 3 rings (SSSR count). The number of hydrogen-bond acceptors (Lipinski definition) is 9. The van der Waals surface area contributed by atoms with Crippen LogP contribution in [0.1, 0.15) is 37.4 Å². The standard InChI is InChI=1S/C22H27N7O4/c1-4-31-14-13-16(2)33-22(30)24-19-12-8-11-18(23-19)15-32-26-20(17-9-6-5-7-10-17)21-25-27-28-29(21)3/h5-12,16H,4,13-15H2,1-3H3,(H,23,24,30). The van der Waals surface area contributed by atoms with Gasteiger partial charge in [0, 0.05) is 25.6 Å². The van der Waals surface area contributed by atoms with Crippen molar-refractivity contribution in [1.82, 2.24) is 25.2 Å². The minimum Gasteiger partial charge on any atom is -0.446 e. The van der Waals surface area contributed by atoms with Gasteiger partial charge in [0.15, 0.2) is 12.3 Å². The summed E-state index contributed by atoms with van der Waals surface area (Å²) in [5.74, 6) is 0.814. The number of nitrogens with zero attached hydrogens (tertiary/aromatic N) is 6. The Morgan fingerprint density at radius 1 is 1.18 bits per heavy atom. The Morgan fingerprint density at radius 2 is 2.00 bits per heavy atom. The zero-order valence-corrected chi connectivity index (χ0v) is 18.8. The summed E-state index contributed by atoms with van der Waals surface area (Å²) in [5, 5.41) is 18.4. The van der Waals surface area contributed by atoms with Gasteiger partial charge in [-0.05, 0) is 36.4 Å². The van der Waals surface area contributed by atoms with Crippen LogP contribution in [0.15, 0.2) is 53.7 Å². The van der Waals surface area contributed by atoms with Gasteiger partial charge >= 0.3 is 6.09 Å². The van der Waals surface area contributed by atoms with Crippen molar-refractivity contribution in [2.45, 2.75) is 33.0 Å². The molecule has 1 atom stereocenters. The van der Waals surface area contributed by atoms with Crippen LogP contribution in [0.25, 0.3) is 0 Å². The predicted octanol–water partition coefficient (Wildman–Crippen LogP) is 2.94. The van der Waals surface area contributed by atoms with Crippen LogP contribution < -0.4 is 5.32 Å². The first kappa shape index (κ1) is 23.8. The summed E-state index contributed by atoms with van der Waals surface area (Å²) in [6.07, 6.45) is -0.238. The van der Waals surface area contributed by atoms with Crippen LogP contribution in [-0.2, 0) is 28.0 Å². The quantitative estimate of drug-likeness (QED) is 0.267. The van der Waals surface area contributed by atoms with E-state index >= 15 is 0 Å². The monoisotopic (exact) mass is 453 g/mol. The summed E-state index contributed by atoms with van der Waals surface area (Å²) < 4.78 is 12.1. The molecule has 3 aromatic rings. The molecule has 0 aliphatic rings. The molecule has 1 N–H and O–H groups in total. The highest BCUT2D eigenvalue weighted by Crippen LogP contribution is 2.11. The molecule has 0 spiro atoms. The number of rotatable bonds is 11. The van der Waals surface area contributed by atoms with E-state index in [2.05, 4.69) is 31.0 Å². The van der Waals surface area contributed by atoms with Crippen molar-refractivity contribution in [1.29, 1.82) is 0 Å². The predicted molar refractivity (Wildman–Crippen MR) is 121 cm³/mol. The Kier molecular flexibility index (Phi) is 8.83. The van der Waals surface area contributed by atoms with Gasteiger partial charge in [-0.25, -0.2) is 14.5 Å². The summed E-state index contributed by atoms with van der Waals surface area (Å²) in [6.45, 7) is 4.97. The van der Waals surface area contributed by atoms with Crippen LogP contribution in [0, 0.1) is 0 Å². The maximum atomic E-state index is 12.1. The van der Waals surface area contributed by atoms with Crippen molar-refractivity contribution in [3.8, 4) is 0 Å². The number of pyridine rings is 1. The molecule has 0 aliphatic heterocycles. The molecule has 2 heterocycles. The summed E-state index contributed by atoms with van der Waals surface area (Å²) in [5.41, 5.74) is 1.87. The SMILES string of the molecule is CCOCCC(C)OC(=O)Nc1cccc(CON=C(c2ccccc2)c2nnnn2C)n1. The lowest BCUT2D eigenvalue weighted by Crippen LogP contribution is -2.22. The van der Waals surface area contributed by atoms with E-state index in [4.69, 9.17) is 14.3 Å². The van der Waals surface area contributed by atoms with Crippen molar-refractivity contribution in [2.75, 3.05) is 18.5 Å². The summed E-state index contributed by atoms with van der Waals surface area (Å²) in [6, 6.07) is 14.7. The van der Waals surface area contributed by atoms with Crippen molar-refractivity contribution in [3.05, 3.63) is 65.6 Å². The lowest BCUT2D eigenvalue weighted by Gasteiger charge is -2.13. The van der Waals surface area contributed by atoms with Crippen LogP contribution in [-0.4, -0.2) is 56.3 Å². The number of amides is 1. The van der Waals surface area contributed by atoms with Crippen LogP contribution in [0.4, 0.5) is 10.6 Å². The molecule has 0 saturated carbocycles. The van der Waals surface area contributed by atoms with Gasteiger partial charge in [0.05, 0.1) is 12.3 Å². The largest absolute Gasteiger partial charge is 0.446 e. The third-order valence-electron chi connectivity index (χ3n) is 4.47. The second-order valence-corrected chi connectivity index (χ2v) is 7.05. The molecule has 1 unspecified atom stereocenters. The van der Waals surface area contributed by atoms with Gasteiger partial charge in [-0.1, -0.05) is 41.6 Å². The summed E-state index contributed by atoms with van der Waals surface area (Å²) >= 11 is 0. The fourth-order valence-electron chi connectivity index (χ4n) is 2.81. The fraction of sp³-hybridized carbons (Fsp3) is 0.364. The zero-order chi connectivity index (χ0) is 23.5. The number of tetrazole rings is 1. The smallest absolute Gasteiger partial charge is 0.413 e. The van der Waals surface area contributed by atoms with E-state index in [-0.39, 0.29) is 12.7 Å². The van der Waals surface area contributed by atoms with Gasteiger partial charge in [-0.2, -0.15) is 0 Å². The summed E-state index contributed by atoms with van der Waals surface area (Å²) in [7, 11) is 1.72. The molecule has 0 aliphatic carbocycles. The highest BCUT2D eigenvalue weighted by molar-refractivity contribution is 6.10. The Balaban J connectivity index is 1.61. The molecule has 0 radical (unpaired) electrons. The van der Waals surface area contributed by atoms with E-state index in [1.54, 1.807) is 25.2 Å². The number of oxime groups is 1. The molecule has 1 aromatic carbocycles. The van der Waals surface area contributed by atoms with Crippen LogP contribution in [0.3, 0.4) is 0 Å². The Morgan fingerprint density at radius 3 is 2.73 bits per heavy atom. The molecule has 0 saturated heterocycles. The maximum absolute atomic E-state index is 12.1. The topological polar surface area (TPSA) is 126 Å². The third kappa shape index (κ3) is 7.35. The minimum absolute atomic E-state index is 0.0803. The number of aryl methyl sites for hydroxylation is 1. The van der Waals surface area contributed by atoms with E-state index in [0.29, 0.717) is 42.7 Å². The second kappa shape index (κ2) is 12.2. The molecule has 33 heavy (non-hydrogen) atoms. The molecule has 0 bridgehead atoms. The second-order valence-electron chi connectivity index (χ2n) is 7.05. The highest BCUT2D eigenvalue weighted by Gasteiger charge is 2.15. The number of benzene rings is 1. The molecule has 0 fully saturated rings. The number of ether oxygens (including phenoxy) is 2. The minimum atomic E-state index is -0.580. The van der Waals surface area contributed by atoms with E-state index < -0.39 is 6.09 Å². The maximum Gasteiger partial charge on any atom is 0.413 e. The Labute approximate surface area is 191 Å². The molecular weight excluding hydrogens is 426 g/mol. The average molecular weight is 454 g/mol. The molecule has 1 amide bonds. The number of anilines is 1. The summed E-state index contributed by atoms with van der Waals surface area (Å²) in [4.78, 5) is 22.0. The molecule has 2 aromatic heterocycles. The van der Waals surface area contributed by atoms with Crippen molar-refractivity contribution < 1.29 is 19.1 Å². The Bertz CT molecular complexity index is 1060. The van der Waals surface area contributed by atoms with Crippen molar-refractivity contribution >= 4 is 17.6 Å². The molecular formula is C22H27N7O4. The van der Waals surface area contributed by atoms with E-state index in [9.17, 15) is 4.79 Å². The first-order valence-corrected chi connectivity index (χ1v) is 10.6. The van der Waals surface area contributed by atoms with E-state index in [0.717, 1.165) is 5.56 Å². The van der Waals surface area contributed by atoms with Crippen molar-refractivity contribution in [2.24, 2.45) is 12.2 Å². The Hall–Kier alpha value is -3.86. The van der Waals surface area contributed by atoms with Gasteiger partial charge < -0.3 is 14.3 Å². The highest BCUT2D eigenvalue weighted by atomic mass is 16.6. The van der Waals surface area contributed by atoms with Gasteiger partial charge in [0.1, 0.15) is 11.9 Å². The van der Waals surface area contributed by atoms with Crippen LogP contribution in [0.2, 0.25) is 0 Å². The van der Waals surface area contributed by atoms with E-state index in [1.165, 1.54) is 4.68 Å². The van der Waals surface area contributed by atoms with Crippen LogP contribution >= 0.6 is 0 Å². The van der Waals surface area contributed by atoms with Gasteiger partial charge in [-0.3, -0.25) is 5.32 Å². The van der Waals surface area contributed by atoms with Crippen molar-refractivity contribution in [3.63, 3.8) is 0 Å². The van der Waals surface area contributed by atoms with E-state index in [1.807, 2.05) is 44.2 Å². The average Bonchev–Trinajstić information content (AvgIpc) is 3.23. The van der Waals surface area contributed by atoms with Crippen LogP contribution in [0.5, 0.6) is 0 Å². The number of nitrogens with one attached hydrogen (secondary N) is 1. The zero-order valence-electron chi connectivity index (χ0n) is 18.8. The third-order valence-corrected chi connectivity index (χ3v) is 4.47. The number of carbonyl (C=O) groups excluding carboxylic acids is 1. The number of aromatic nitrogens is 5.